The summed E-state index contributed by atoms with van der Waals surface area (Å²) < 4.78 is 0. The second-order valence-corrected chi connectivity index (χ2v) is 6.26. The molecular formula is C14H23NS. The Bertz CT molecular complexity index is 307. The van der Waals surface area contributed by atoms with Crippen molar-refractivity contribution < 1.29 is 0 Å². The van der Waals surface area contributed by atoms with E-state index in [0.717, 1.165) is 11.8 Å². The molecule has 1 fully saturated rings. The van der Waals surface area contributed by atoms with E-state index < -0.39 is 0 Å². The quantitative estimate of drug-likeness (QED) is 0.830. The second-order valence-electron chi connectivity index (χ2n) is 5.28. The summed E-state index contributed by atoms with van der Waals surface area (Å²) in [5, 5.41) is 5.98. The van der Waals surface area contributed by atoms with Crippen molar-refractivity contribution >= 4 is 11.3 Å². The molecule has 1 saturated carbocycles. The van der Waals surface area contributed by atoms with Crippen molar-refractivity contribution in [1.29, 1.82) is 0 Å². The van der Waals surface area contributed by atoms with E-state index in [2.05, 4.69) is 43.6 Å². The van der Waals surface area contributed by atoms with Gasteiger partial charge in [0.05, 0.1) is 0 Å². The average Bonchev–Trinajstić information content (AvgIpc) is 2.78. The van der Waals surface area contributed by atoms with Crippen LogP contribution >= 0.6 is 11.3 Å². The SMILES string of the molecule is CC1CCCC(N[C@H](C)c2cccs2)C1C. The first kappa shape index (κ1) is 12.1. The van der Waals surface area contributed by atoms with Gasteiger partial charge in [0.1, 0.15) is 0 Å². The predicted octanol–water partition coefficient (Wildman–Crippen LogP) is 4.22. The number of hydrogen-bond acceptors (Lipinski definition) is 2. The highest BCUT2D eigenvalue weighted by molar-refractivity contribution is 7.10. The van der Waals surface area contributed by atoms with Crippen molar-refractivity contribution in [2.75, 3.05) is 0 Å². The molecule has 0 aliphatic heterocycles. The van der Waals surface area contributed by atoms with Crippen molar-refractivity contribution in [3.05, 3.63) is 22.4 Å². The van der Waals surface area contributed by atoms with Crippen LogP contribution in [-0.4, -0.2) is 6.04 Å². The van der Waals surface area contributed by atoms with Crippen LogP contribution in [0.5, 0.6) is 0 Å². The largest absolute Gasteiger partial charge is 0.306 e. The Balaban J connectivity index is 1.93. The molecule has 1 heterocycles. The highest BCUT2D eigenvalue weighted by atomic mass is 32.1. The van der Waals surface area contributed by atoms with Crippen molar-refractivity contribution in [1.82, 2.24) is 5.32 Å². The summed E-state index contributed by atoms with van der Waals surface area (Å²) in [7, 11) is 0. The minimum atomic E-state index is 0.512. The third-order valence-electron chi connectivity index (χ3n) is 4.14. The number of hydrogen-bond donors (Lipinski definition) is 1. The zero-order valence-corrected chi connectivity index (χ0v) is 11.4. The van der Waals surface area contributed by atoms with Gasteiger partial charge in [0.25, 0.3) is 0 Å². The maximum atomic E-state index is 3.81. The van der Waals surface area contributed by atoms with Crippen LogP contribution in [0.2, 0.25) is 0 Å². The lowest BCUT2D eigenvalue weighted by molar-refractivity contribution is 0.197. The summed E-state index contributed by atoms with van der Waals surface area (Å²) in [6, 6.07) is 5.60. The number of thiophene rings is 1. The normalized spacial score (nSPS) is 32.6. The fourth-order valence-electron chi connectivity index (χ4n) is 2.76. The van der Waals surface area contributed by atoms with Crippen molar-refractivity contribution in [2.45, 2.75) is 52.1 Å². The fourth-order valence-corrected chi connectivity index (χ4v) is 3.50. The maximum Gasteiger partial charge on any atom is 0.0388 e. The summed E-state index contributed by atoms with van der Waals surface area (Å²) in [6.07, 6.45) is 4.15. The lowest BCUT2D eigenvalue weighted by Crippen LogP contribution is -2.41. The first-order valence-electron chi connectivity index (χ1n) is 6.48. The van der Waals surface area contributed by atoms with Gasteiger partial charge in [0.2, 0.25) is 0 Å². The summed E-state index contributed by atoms with van der Waals surface area (Å²) in [4.78, 5) is 1.46. The van der Waals surface area contributed by atoms with E-state index >= 15 is 0 Å². The first-order chi connectivity index (χ1) is 7.68. The molecule has 0 spiro atoms. The summed E-state index contributed by atoms with van der Waals surface area (Å²) in [5.74, 6) is 1.69. The lowest BCUT2D eigenvalue weighted by atomic mass is 9.78. The second kappa shape index (κ2) is 5.33. The molecule has 4 atom stereocenters. The Morgan fingerprint density at radius 2 is 2.19 bits per heavy atom. The zero-order chi connectivity index (χ0) is 11.5. The molecule has 0 bridgehead atoms. The van der Waals surface area contributed by atoms with Crippen LogP contribution in [0.4, 0.5) is 0 Å². The molecular weight excluding hydrogens is 214 g/mol. The van der Waals surface area contributed by atoms with E-state index in [1.165, 1.54) is 24.1 Å². The smallest absolute Gasteiger partial charge is 0.0388 e. The molecule has 0 amide bonds. The molecule has 1 aliphatic carbocycles. The molecule has 0 saturated heterocycles. The summed E-state index contributed by atoms with van der Waals surface area (Å²) in [6.45, 7) is 7.09. The van der Waals surface area contributed by atoms with Gasteiger partial charge in [-0.05, 0) is 36.6 Å². The zero-order valence-electron chi connectivity index (χ0n) is 10.6. The average molecular weight is 237 g/mol. The van der Waals surface area contributed by atoms with Crippen LogP contribution < -0.4 is 5.32 Å². The Kier molecular flexibility index (Phi) is 4.04. The van der Waals surface area contributed by atoms with Gasteiger partial charge in [-0.3, -0.25) is 0 Å². The van der Waals surface area contributed by atoms with Crippen molar-refractivity contribution in [3.8, 4) is 0 Å². The molecule has 1 aromatic rings. The van der Waals surface area contributed by atoms with E-state index in [4.69, 9.17) is 0 Å². The standard InChI is InChI=1S/C14H23NS/c1-10-6-4-7-13(11(10)2)15-12(3)14-8-5-9-16-14/h5,8-13,15H,4,6-7H2,1-3H3/t10?,11?,12-,13?/m1/s1. The van der Waals surface area contributed by atoms with Crippen LogP contribution in [0, 0.1) is 11.8 Å². The van der Waals surface area contributed by atoms with Gasteiger partial charge in [-0.15, -0.1) is 11.3 Å². The molecule has 90 valence electrons. The third kappa shape index (κ3) is 2.67. The van der Waals surface area contributed by atoms with Crippen LogP contribution in [0.3, 0.4) is 0 Å². The molecule has 2 heteroatoms. The monoisotopic (exact) mass is 237 g/mol. The van der Waals surface area contributed by atoms with E-state index in [0.29, 0.717) is 12.1 Å². The maximum absolute atomic E-state index is 3.81. The Morgan fingerprint density at radius 1 is 1.38 bits per heavy atom. The number of rotatable bonds is 3. The summed E-state index contributed by atoms with van der Waals surface area (Å²) >= 11 is 1.86. The lowest BCUT2D eigenvalue weighted by Gasteiger charge is -2.36. The Labute approximate surface area is 103 Å². The molecule has 1 N–H and O–H groups in total. The molecule has 0 radical (unpaired) electrons. The van der Waals surface area contributed by atoms with Gasteiger partial charge in [-0.1, -0.05) is 32.8 Å². The van der Waals surface area contributed by atoms with Gasteiger partial charge in [0, 0.05) is 17.0 Å². The van der Waals surface area contributed by atoms with Gasteiger partial charge >= 0.3 is 0 Å². The predicted molar refractivity (Wildman–Crippen MR) is 71.8 cm³/mol. The molecule has 1 aliphatic rings. The minimum absolute atomic E-state index is 0.512. The van der Waals surface area contributed by atoms with Crippen LogP contribution in [0.15, 0.2) is 17.5 Å². The molecule has 3 unspecified atom stereocenters. The topological polar surface area (TPSA) is 12.0 Å². The fraction of sp³-hybridized carbons (Fsp3) is 0.714. The molecule has 1 nitrogen and oxygen atoms in total. The first-order valence-corrected chi connectivity index (χ1v) is 7.36. The molecule has 1 aromatic heterocycles. The minimum Gasteiger partial charge on any atom is -0.306 e. The van der Waals surface area contributed by atoms with Gasteiger partial charge < -0.3 is 5.32 Å². The Morgan fingerprint density at radius 3 is 2.88 bits per heavy atom. The molecule has 0 aromatic carbocycles. The van der Waals surface area contributed by atoms with Crippen LogP contribution in [0.1, 0.15) is 51.0 Å². The third-order valence-corrected chi connectivity index (χ3v) is 5.20. The molecule has 16 heavy (non-hydrogen) atoms. The van der Waals surface area contributed by atoms with Crippen LogP contribution in [-0.2, 0) is 0 Å². The van der Waals surface area contributed by atoms with E-state index in [1.54, 1.807) is 0 Å². The molecule has 2 rings (SSSR count). The van der Waals surface area contributed by atoms with E-state index in [-0.39, 0.29) is 0 Å². The van der Waals surface area contributed by atoms with Gasteiger partial charge in [0.15, 0.2) is 0 Å². The van der Waals surface area contributed by atoms with Crippen molar-refractivity contribution in [2.24, 2.45) is 11.8 Å². The van der Waals surface area contributed by atoms with E-state index in [1.807, 2.05) is 11.3 Å². The van der Waals surface area contributed by atoms with Crippen LogP contribution in [0.25, 0.3) is 0 Å². The van der Waals surface area contributed by atoms with E-state index in [9.17, 15) is 0 Å². The van der Waals surface area contributed by atoms with Gasteiger partial charge in [-0.25, -0.2) is 0 Å². The highest BCUT2D eigenvalue weighted by Gasteiger charge is 2.27. The number of nitrogens with one attached hydrogen (secondary N) is 1. The van der Waals surface area contributed by atoms with Crippen molar-refractivity contribution in [3.63, 3.8) is 0 Å². The summed E-state index contributed by atoms with van der Waals surface area (Å²) in [5.41, 5.74) is 0. The Hall–Kier alpha value is -0.340. The van der Waals surface area contributed by atoms with Gasteiger partial charge in [-0.2, -0.15) is 0 Å². The highest BCUT2D eigenvalue weighted by Crippen LogP contribution is 2.31.